The van der Waals surface area contributed by atoms with Gasteiger partial charge in [0.1, 0.15) is 0 Å². The number of ether oxygens (including phenoxy) is 2. The molecule has 3 aliphatic rings. The van der Waals surface area contributed by atoms with E-state index in [-0.39, 0.29) is 17.5 Å². The van der Waals surface area contributed by atoms with E-state index in [9.17, 15) is 4.79 Å². The van der Waals surface area contributed by atoms with Gasteiger partial charge in [0.25, 0.3) is 0 Å². The lowest BCUT2D eigenvalue weighted by atomic mass is 9.64. The summed E-state index contributed by atoms with van der Waals surface area (Å²) in [4.78, 5) is 15.7. The second-order valence-electron chi connectivity index (χ2n) is 10.6. The summed E-state index contributed by atoms with van der Waals surface area (Å²) in [5.41, 5.74) is 2.22. The lowest BCUT2D eigenvalue weighted by Gasteiger charge is -2.47. The zero-order valence-corrected chi connectivity index (χ0v) is 23.0. The first-order valence-corrected chi connectivity index (χ1v) is 14.1. The molecule has 2 N–H and O–H groups in total. The summed E-state index contributed by atoms with van der Waals surface area (Å²) in [6.07, 6.45) is 10.7. The standard InChI is InChI=1S/C29H38BrN3O3/c1-35-25-12-11-20(17-26(25)36-2)29-14-13-23(32-28(34)31-22-8-6-7-21(30)18-22)19-27(29)33(16-15-29)24-9-4-3-5-10-24/h6-8,11-12,17-18,23-24,27H,3-5,9-10,13-16,19H2,1-2H3,(H2,31,32,34)/t23-,27+,29-/m0/s1. The van der Waals surface area contributed by atoms with Crippen LogP contribution in [0.25, 0.3) is 0 Å². The minimum absolute atomic E-state index is 0.0793. The van der Waals surface area contributed by atoms with Crippen LogP contribution in [-0.4, -0.2) is 49.8 Å². The average Bonchev–Trinajstić information content (AvgIpc) is 3.28. The maximum atomic E-state index is 12.9. The number of anilines is 1. The Morgan fingerprint density at radius 2 is 1.81 bits per heavy atom. The molecule has 1 saturated heterocycles. The van der Waals surface area contributed by atoms with Gasteiger partial charge in [0, 0.05) is 33.7 Å². The number of carbonyl (C=O) groups is 1. The minimum atomic E-state index is -0.126. The van der Waals surface area contributed by atoms with Crippen LogP contribution in [0.5, 0.6) is 11.5 Å². The zero-order valence-electron chi connectivity index (χ0n) is 21.4. The van der Waals surface area contributed by atoms with Crippen LogP contribution < -0.4 is 20.1 Å². The maximum absolute atomic E-state index is 12.9. The molecule has 0 spiro atoms. The summed E-state index contributed by atoms with van der Waals surface area (Å²) in [6, 6.07) is 15.3. The van der Waals surface area contributed by atoms with Gasteiger partial charge >= 0.3 is 6.03 Å². The van der Waals surface area contributed by atoms with Gasteiger partial charge in [-0.2, -0.15) is 0 Å². The molecule has 0 aromatic heterocycles. The van der Waals surface area contributed by atoms with Crippen molar-refractivity contribution in [2.45, 2.75) is 81.3 Å². The molecule has 3 atom stereocenters. The molecule has 6 nitrogen and oxygen atoms in total. The fourth-order valence-electron chi connectivity index (χ4n) is 6.97. The highest BCUT2D eigenvalue weighted by atomic mass is 79.9. The highest BCUT2D eigenvalue weighted by Gasteiger charge is 2.53. The van der Waals surface area contributed by atoms with Crippen molar-refractivity contribution >= 4 is 27.6 Å². The van der Waals surface area contributed by atoms with E-state index in [4.69, 9.17) is 9.47 Å². The number of nitrogens with one attached hydrogen (secondary N) is 2. The topological polar surface area (TPSA) is 62.8 Å². The van der Waals surface area contributed by atoms with Crippen LogP contribution in [0.4, 0.5) is 10.5 Å². The van der Waals surface area contributed by atoms with Gasteiger partial charge in [-0.3, -0.25) is 4.90 Å². The van der Waals surface area contributed by atoms with Crippen LogP contribution in [0.3, 0.4) is 0 Å². The van der Waals surface area contributed by atoms with Gasteiger partial charge in [0.15, 0.2) is 11.5 Å². The van der Waals surface area contributed by atoms with Crippen LogP contribution in [0.15, 0.2) is 46.9 Å². The van der Waals surface area contributed by atoms with Crippen molar-refractivity contribution in [3.8, 4) is 11.5 Å². The zero-order chi connectivity index (χ0) is 25.1. The number of methoxy groups -OCH3 is 2. The molecule has 7 heteroatoms. The van der Waals surface area contributed by atoms with E-state index in [0.717, 1.165) is 53.9 Å². The Morgan fingerprint density at radius 1 is 1.00 bits per heavy atom. The molecule has 2 saturated carbocycles. The van der Waals surface area contributed by atoms with Crippen molar-refractivity contribution in [1.29, 1.82) is 0 Å². The normalized spacial score (nSPS) is 26.8. The maximum Gasteiger partial charge on any atom is 0.319 e. The molecule has 5 rings (SSSR count). The first kappa shape index (κ1) is 25.4. The summed E-state index contributed by atoms with van der Waals surface area (Å²) in [5.74, 6) is 1.57. The number of fused-ring (bicyclic) bond motifs is 1. The van der Waals surface area contributed by atoms with Crippen molar-refractivity contribution in [2.75, 3.05) is 26.1 Å². The van der Waals surface area contributed by atoms with Gasteiger partial charge in [-0.05, 0) is 81.0 Å². The van der Waals surface area contributed by atoms with E-state index in [1.54, 1.807) is 14.2 Å². The van der Waals surface area contributed by atoms with Crippen molar-refractivity contribution in [2.24, 2.45) is 0 Å². The number of likely N-dealkylation sites (tertiary alicyclic amines) is 1. The molecule has 0 unspecified atom stereocenters. The predicted octanol–water partition coefficient (Wildman–Crippen LogP) is 6.49. The Hall–Kier alpha value is -2.25. The number of urea groups is 1. The highest BCUT2D eigenvalue weighted by Crippen LogP contribution is 2.51. The summed E-state index contributed by atoms with van der Waals surface area (Å²) in [6.45, 7) is 1.13. The van der Waals surface area contributed by atoms with E-state index < -0.39 is 0 Å². The number of halogens is 1. The van der Waals surface area contributed by atoms with E-state index in [1.165, 1.54) is 37.7 Å². The smallest absolute Gasteiger partial charge is 0.319 e. The summed E-state index contributed by atoms with van der Waals surface area (Å²) in [7, 11) is 3.40. The molecule has 36 heavy (non-hydrogen) atoms. The molecule has 1 heterocycles. The number of amides is 2. The Labute approximate surface area is 223 Å². The first-order chi connectivity index (χ1) is 17.5. The van der Waals surface area contributed by atoms with Crippen molar-refractivity contribution in [3.05, 3.63) is 52.5 Å². The molecule has 0 radical (unpaired) electrons. The van der Waals surface area contributed by atoms with Gasteiger partial charge in [0.05, 0.1) is 14.2 Å². The number of carbonyl (C=O) groups excluding carboxylic acids is 1. The Bertz CT molecular complexity index is 1070. The SMILES string of the molecule is COc1ccc([C@@]23CC[C@H](NC(=O)Nc4cccc(Br)c4)C[C@H]2N(C2CCCCC2)CC3)cc1OC. The summed E-state index contributed by atoms with van der Waals surface area (Å²) >= 11 is 3.48. The van der Waals surface area contributed by atoms with Gasteiger partial charge in [-0.1, -0.05) is 47.3 Å². The number of hydrogen-bond acceptors (Lipinski definition) is 4. The highest BCUT2D eigenvalue weighted by molar-refractivity contribution is 9.10. The van der Waals surface area contributed by atoms with Crippen LogP contribution in [-0.2, 0) is 5.41 Å². The van der Waals surface area contributed by atoms with Gasteiger partial charge in [-0.15, -0.1) is 0 Å². The quantitative estimate of drug-likeness (QED) is 0.427. The van der Waals surface area contributed by atoms with E-state index in [0.29, 0.717) is 12.1 Å². The third-order valence-electron chi connectivity index (χ3n) is 8.72. The molecular formula is C29H38BrN3O3. The van der Waals surface area contributed by atoms with Crippen molar-refractivity contribution in [3.63, 3.8) is 0 Å². The second kappa shape index (κ2) is 11.0. The Kier molecular flexibility index (Phi) is 7.77. The fourth-order valence-corrected chi connectivity index (χ4v) is 7.37. The number of benzene rings is 2. The van der Waals surface area contributed by atoms with E-state index >= 15 is 0 Å². The van der Waals surface area contributed by atoms with Gasteiger partial charge in [-0.25, -0.2) is 4.79 Å². The number of nitrogens with zero attached hydrogens (tertiary/aromatic N) is 1. The Balaban J connectivity index is 1.37. The molecule has 3 fully saturated rings. The summed E-state index contributed by atoms with van der Waals surface area (Å²) in [5, 5.41) is 6.30. The van der Waals surface area contributed by atoms with Crippen LogP contribution in [0.2, 0.25) is 0 Å². The lowest BCUT2D eigenvalue weighted by Crippen LogP contribution is -2.55. The third kappa shape index (κ3) is 5.10. The largest absolute Gasteiger partial charge is 0.493 e. The summed E-state index contributed by atoms with van der Waals surface area (Å²) < 4.78 is 12.2. The molecule has 0 bridgehead atoms. The van der Waals surface area contributed by atoms with Crippen LogP contribution in [0.1, 0.15) is 63.4 Å². The van der Waals surface area contributed by atoms with E-state index in [2.05, 4.69) is 49.7 Å². The first-order valence-electron chi connectivity index (χ1n) is 13.3. The minimum Gasteiger partial charge on any atom is -0.493 e. The average molecular weight is 557 g/mol. The number of rotatable bonds is 6. The van der Waals surface area contributed by atoms with Crippen molar-refractivity contribution in [1.82, 2.24) is 10.2 Å². The van der Waals surface area contributed by atoms with Gasteiger partial charge in [0.2, 0.25) is 0 Å². The third-order valence-corrected chi connectivity index (χ3v) is 9.21. The molecule has 194 valence electrons. The molecule has 2 aromatic rings. The van der Waals surface area contributed by atoms with Crippen LogP contribution in [0, 0.1) is 0 Å². The Morgan fingerprint density at radius 3 is 2.56 bits per heavy atom. The lowest BCUT2D eigenvalue weighted by molar-refractivity contribution is 0.0825. The molecular weight excluding hydrogens is 518 g/mol. The molecule has 2 aromatic carbocycles. The monoisotopic (exact) mass is 555 g/mol. The predicted molar refractivity (Wildman–Crippen MR) is 147 cm³/mol. The molecule has 2 aliphatic carbocycles. The molecule has 1 aliphatic heterocycles. The van der Waals surface area contributed by atoms with Crippen LogP contribution >= 0.6 is 15.9 Å². The van der Waals surface area contributed by atoms with Gasteiger partial charge < -0.3 is 20.1 Å². The fraction of sp³-hybridized carbons (Fsp3) is 0.552. The van der Waals surface area contributed by atoms with Crippen molar-refractivity contribution < 1.29 is 14.3 Å². The second-order valence-corrected chi connectivity index (χ2v) is 11.5. The molecule has 2 amide bonds. The van der Waals surface area contributed by atoms with E-state index in [1.807, 2.05) is 24.3 Å². The number of hydrogen-bond donors (Lipinski definition) is 2.